The van der Waals surface area contributed by atoms with Crippen molar-refractivity contribution in [2.24, 2.45) is 12.1 Å². The summed E-state index contributed by atoms with van der Waals surface area (Å²) >= 11 is 0. The Kier molecular flexibility index (Phi) is 3.73. The summed E-state index contributed by atoms with van der Waals surface area (Å²) in [4.78, 5) is 0. The van der Waals surface area contributed by atoms with E-state index in [0.717, 1.165) is 22.0 Å². The molecule has 0 spiro atoms. The van der Waals surface area contributed by atoms with Gasteiger partial charge in [0, 0.05) is 18.6 Å². The number of fused-ring (bicyclic) bond motifs is 1. The zero-order valence-electron chi connectivity index (χ0n) is 12.4. The average molecular weight is 300 g/mol. The van der Waals surface area contributed by atoms with Gasteiger partial charge in [-0.25, -0.2) is 0 Å². The molecule has 0 amide bonds. The number of benzene rings is 2. The van der Waals surface area contributed by atoms with Gasteiger partial charge in [0.1, 0.15) is 12.1 Å². The molecule has 0 aliphatic heterocycles. The lowest BCUT2D eigenvalue weighted by Gasteiger charge is -2.04. The molecular weight excluding hydrogens is 288 g/mol. The Morgan fingerprint density at radius 1 is 1.09 bits per heavy atom. The molecule has 0 saturated heterocycles. The Bertz CT molecular complexity index is 951. The third-order valence-electron chi connectivity index (χ3n) is 3.35. The van der Waals surface area contributed by atoms with E-state index in [0.29, 0.717) is 5.69 Å². The van der Waals surface area contributed by atoms with Crippen LogP contribution in [0.15, 0.2) is 53.8 Å². The quantitative estimate of drug-likeness (QED) is 0.594. The number of nitrogens with one attached hydrogen (secondary N) is 1. The van der Waals surface area contributed by atoms with Gasteiger partial charge in [-0.2, -0.15) is 20.7 Å². The van der Waals surface area contributed by atoms with Crippen LogP contribution in [-0.2, 0) is 7.05 Å². The van der Waals surface area contributed by atoms with Crippen LogP contribution in [0.25, 0.3) is 22.0 Å². The van der Waals surface area contributed by atoms with Gasteiger partial charge in [0.2, 0.25) is 5.71 Å². The van der Waals surface area contributed by atoms with Crippen molar-refractivity contribution in [3.63, 3.8) is 0 Å². The van der Waals surface area contributed by atoms with Gasteiger partial charge in [-0.05, 0) is 35.4 Å². The minimum Gasteiger partial charge on any atom is -0.277 e. The fourth-order valence-electron chi connectivity index (χ4n) is 2.26. The van der Waals surface area contributed by atoms with Crippen LogP contribution in [-0.4, -0.2) is 15.5 Å². The molecule has 0 fully saturated rings. The molecule has 3 rings (SSSR count). The van der Waals surface area contributed by atoms with Gasteiger partial charge in [-0.1, -0.05) is 18.2 Å². The molecule has 110 valence electrons. The normalized spacial score (nSPS) is 9.87. The number of aromatic nitrogens is 2. The SMILES string of the molecule is Cn1cc2cc(-c3ccc(NN=C(C#N)C#N)cc3)ccc2n1. The number of hydrazone groups is 1. The number of hydrogen-bond donors (Lipinski definition) is 1. The number of anilines is 1. The molecule has 0 saturated carbocycles. The first-order valence-corrected chi connectivity index (χ1v) is 6.87. The van der Waals surface area contributed by atoms with Crippen molar-refractivity contribution in [2.45, 2.75) is 0 Å². The van der Waals surface area contributed by atoms with Gasteiger partial charge < -0.3 is 0 Å². The van der Waals surface area contributed by atoms with Crippen LogP contribution in [0.5, 0.6) is 0 Å². The maximum absolute atomic E-state index is 8.63. The highest BCUT2D eigenvalue weighted by Crippen LogP contribution is 2.25. The second-order valence-electron chi connectivity index (χ2n) is 4.95. The molecule has 23 heavy (non-hydrogen) atoms. The summed E-state index contributed by atoms with van der Waals surface area (Å²) in [5, 5.41) is 26.4. The topological polar surface area (TPSA) is 89.8 Å². The van der Waals surface area contributed by atoms with Crippen LogP contribution >= 0.6 is 0 Å². The highest BCUT2D eigenvalue weighted by molar-refractivity contribution is 6.10. The van der Waals surface area contributed by atoms with E-state index in [1.165, 1.54) is 0 Å². The molecule has 2 aromatic carbocycles. The summed E-state index contributed by atoms with van der Waals surface area (Å²) in [7, 11) is 1.90. The van der Waals surface area contributed by atoms with Crippen molar-refractivity contribution < 1.29 is 0 Å². The Morgan fingerprint density at radius 3 is 2.48 bits per heavy atom. The van der Waals surface area contributed by atoms with E-state index in [1.807, 2.05) is 49.6 Å². The first kappa shape index (κ1) is 14.3. The van der Waals surface area contributed by atoms with E-state index in [4.69, 9.17) is 10.5 Å². The average Bonchev–Trinajstić information content (AvgIpc) is 2.95. The van der Waals surface area contributed by atoms with E-state index in [1.54, 1.807) is 16.8 Å². The first-order chi connectivity index (χ1) is 11.2. The van der Waals surface area contributed by atoms with Crippen LogP contribution in [0.2, 0.25) is 0 Å². The van der Waals surface area contributed by atoms with Crippen molar-refractivity contribution in [2.75, 3.05) is 5.43 Å². The highest BCUT2D eigenvalue weighted by atomic mass is 15.3. The monoisotopic (exact) mass is 300 g/mol. The lowest BCUT2D eigenvalue weighted by atomic mass is 10.0. The molecule has 0 radical (unpaired) electrons. The minimum atomic E-state index is -0.212. The molecule has 0 unspecified atom stereocenters. The molecule has 0 aliphatic rings. The van der Waals surface area contributed by atoms with Gasteiger partial charge >= 0.3 is 0 Å². The Labute approximate surface area is 132 Å². The summed E-state index contributed by atoms with van der Waals surface area (Å²) in [6.07, 6.45) is 1.98. The van der Waals surface area contributed by atoms with Crippen molar-refractivity contribution in [1.29, 1.82) is 10.5 Å². The number of hydrogen-bond acceptors (Lipinski definition) is 5. The van der Waals surface area contributed by atoms with E-state index < -0.39 is 0 Å². The van der Waals surface area contributed by atoms with Crippen molar-refractivity contribution in [3.05, 3.63) is 48.7 Å². The molecule has 0 atom stereocenters. The molecule has 3 aromatic rings. The van der Waals surface area contributed by atoms with E-state index >= 15 is 0 Å². The first-order valence-electron chi connectivity index (χ1n) is 6.87. The van der Waals surface area contributed by atoms with E-state index in [-0.39, 0.29) is 5.71 Å². The summed E-state index contributed by atoms with van der Waals surface area (Å²) in [5.74, 6) is 0. The fourth-order valence-corrected chi connectivity index (χ4v) is 2.26. The van der Waals surface area contributed by atoms with Crippen LogP contribution in [0.3, 0.4) is 0 Å². The molecule has 6 heteroatoms. The zero-order valence-corrected chi connectivity index (χ0v) is 12.4. The highest BCUT2D eigenvalue weighted by Gasteiger charge is 2.03. The van der Waals surface area contributed by atoms with Gasteiger partial charge in [-0.3, -0.25) is 10.1 Å². The number of nitriles is 2. The van der Waals surface area contributed by atoms with Crippen LogP contribution in [0.4, 0.5) is 5.69 Å². The second-order valence-corrected chi connectivity index (χ2v) is 4.95. The van der Waals surface area contributed by atoms with Gasteiger partial charge in [0.15, 0.2) is 0 Å². The number of rotatable bonds is 3. The molecule has 1 aromatic heterocycles. The molecular formula is C17H12N6. The fraction of sp³-hybridized carbons (Fsp3) is 0.0588. The maximum Gasteiger partial charge on any atom is 0.237 e. The van der Waals surface area contributed by atoms with E-state index in [2.05, 4.69) is 21.7 Å². The molecule has 6 nitrogen and oxygen atoms in total. The van der Waals surface area contributed by atoms with E-state index in [9.17, 15) is 0 Å². The van der Waals surface area contributed by atoms with Gasteiger partial charge in [0.25, 0.3) is 0 Å². The Morgan fingerprint density at radius 2 is 1.78 bits per heavy atom. The molecule has 0 bridgehead atoms. The second kappa shape index (κ2) is 6.00. The smallest absolute Gasteiger partial charge is 0.237 e. The third kappa shape index (κ3) is 3.02. The van der Waals surface area contributed by atoms with Gasteiger partial charge in [0.05, 0.1) is 11.2 Å². The van der Waals surface area contributed by atoms with Crippen molar-refractivity contribution in [1.82, 2.24) is 9.78 Å². The molecule has 1 heterocycles. The molecule has 0 aliphatic carbocycles. The maximum atomic E-state index is 8.63. The van der Waals surface area contributed by atoms with Crippen LogP contribution in [0.1, 0.15) is 0 Å². The standard InChI is InChI=1S/C17H12N6/c1-23-11-14-8-13(4-7-17(14)22-23)12-2-5-15(6-3-12)20-21-16(9-18)10-19/h2-8,11,20H,1H3. The molecule has 1 N–H and O–H groups in total. The lowest BCUT2D eigenvalue weighted by molar-refractivity contribution is 0.780. The third-order valence-corrected chi connectivity index (χ3v) is 3.35. The van der Waals surface area contributed by atoms with Crippen LogP contribution in [0, 0.1) is 22.7 Å². The van der Waals surface area contributed by atoms with Crippen molar-refractivity contribution in [3.8, 4) is 23.3 Å². The summed E-state index contributed by atoms with van der Waals surface area (Å²) in [5.41, 5.74) is 6.30. The summed E-state index contributed by atoms with van der Waals surface area (Å²) in [6, 6.07) is 17.1. The lowest BCUT2D eigenvalue weighted by Crippen LogP contribution is -1.96. The Hall–Kier alpha value is -3.64. The van der Waals surface area contributed by atoms with Gasteiger partial charge in [-0.15, -0.1) is 0 Å². The van der Waals surface area contributed by atoms with Crippen molar-refractivity contribution >= 4 is 22.3 Å². The zero-order chi connectivity index (χ0) is 16.2. The summed E-state index contributed by atoms with van der Waals surface area (Å²) < 4.78 is 1.79. The predicted octanol–water partition coefficient (Wildman–Crippen LogP) is 3.06. The number of nitrogens with zero attached hydrogens (tertiary/aromatic N) is 5. The number of aryl methyl sites for hydroxylation is 1. The summed E-state index contributed by atoms with van der Waals surface area (Å²) in [6.45, 7) is 0. The minimum absolute atomic E-state index is 0.212. The Balaban J connectivity index is 1.85. The predicted molar refractivity (Wildman–Crippen MR) is 88.4 cm³/mol. The van der Waals surface area contributed by atoms with Crippen LogP contribution < -0.4 is 5.43 Å². The largest absolute Gasteiger partial charge is 0.277 e.